The summed E-state index contributed by atoms with van der Waals surface area (Å²) in [4.78, 5) is 139. The Kier molecular flexibility index (Phi) is 28.8. The number of H-pyrrole nitrogens is 3. The van der Waals surface area contributed by atoms with Crippen LogP contribution in [0.1, 0.15) is 102 Å². The highest BCUT2D eigenvalue weighted by Crippen LogP contribution is 2.63. The van der Waals surface area contributed by atoms with Crippen molar-refractivity contribution >= 4 is 144 Å². The number of nitrogens with one attached hydrogen (secondary N) is 6. The summed E-state index contributed by atoms with van der Waals surface area (Å²) in [6, 6.07) is 0. The molecule has 6 aliphatic rings. The molecule has 54 heteroatoms. The third-order valence-corrected chi connectivity index (χ3v) is 26.2. The molecule has 6 saturated heterocycles. The first-order chi connectivity index (χ1) is 54.8. The number of hydrogen-bond donors (Lipinski definition) is 9. The number of aromatic amines is 3. The molecule has 15 atom stereocenters. The summed E-state index contributed by atoms with van der Waals surface area (Å²) in [6.45, 7) is 17.9. The third kappa shape index (κ3) is 21.0. The van der Waals surface area contributed by atoms with Gasteiger partial charge in [-0.2, -0.15) is 15.0 Å². The lowest BCUT2D eigenvalue weighted by molar-refractivity contribution is -0.118. The first kappa shape index (κ1) is 91.6. The number of rotatable bonds is 27. The van der Waals surface area contributed by atoms with Gasteiger partial charge in [0.15, 0.2) is 84.5 Å². The summed E-state index contributed by atoms with van der Waals surface area (Å²) >= 11 is 2.74. The number of anilines is 3. The number of thioether (sulfide) groups is 3. The number of alkyl halides is 3. The van der Waals surface area contributed by atoms with Gasteiger partial charge in [0.25, 0.3) is 16.7 Å². The zero-order valence-corrected chi connectivity index (χ0v) is 70.1. The van der Waals surface area contributed by atoms with E-state index in [4.69, 9.17) is 86.3 Å². The van der Waals surface area contributed by atoms with Gasteiger partial charge in [0.05, 0.1) is 94.7 Å². The number of phosphoric ester groups is 3. The number of amides is 3. The van der Waals surface area contributed by atoms with Crippen LogP contribution < -0.4 is 49.8 Å². The summed E-state index contributed by atoms with van der Waals surface area (Å²) in [5, 5.41) is 6.84. The van der Waals surface area contributed by atoms with E-state index in [0.717, 1.165) is 35.3 Å². The van der Waals surface area contributed by atoms with Crippen molar-refractivity contribution in [3.05, 3.63) is 50.0 Å². The zero-order valence-electron chi connectivity index (χ0n) is 65.0. The van der Waals surface area contributed by atoms with Crippen molar-refractivity contribution in [2.24, 2.45) is 16.2 Å². The van der Waals surface area contributed by atoms with Crippen LogP contribution in [0.25, 0.3) is 33.5 Å². The van der Waals surface area contributed by atoms with Gasteiger partial charge < -0.3 is 61.6 Å². The van der Waals surface area contributed by atoms with Crippen molar-refractivity contribution in [2.75, 3.05) is 114 Å². The normalized spacial score (nSPS) is 28.8. The van der Waals surface area contributed by atoms with E-state index >= 15 is 13.2 Å². The van der Waals surface area contributed by atoms with Crippen LogP contribution in [-0.2, 0) is 97.2 Å². The van der Waals surface area contributed by atoms with Gasteiger partial charge in [0, 0.05) is 36.9 Å². The van der Waals surface area contributed by atoms with Crippen molar-refractivity contribution in [2.45, 2.75) is 155 Å². The summed E-state index contributed by atoms with van der Waals surface area (Å²) in [6.07, 6.45) is -9.20. The van der Waals surface area contributed by atoms with Gasteiger partial charge >= 0.3 is 41.7 Å². The van der Waals surface area contributed by atoms with Gasteiger partial charge in [0.1, 0.15) is 36.6 Å². The molecule has 45 nitrogen and oxygen atoms in total. The van der Waals surface area contributed by atoms with E-state index in [-0.39, 0.29) is 163 Å². The summed E-state index contributed by atoms with van der Waals surface area (Å²) in [7, 11) is -12.6. The SMILES string of the molecule is CCOC(=O)NCC(C)(C)C(=O)SCCOP1(=O)OC[C@H]2O[C@@H](n3cnc4c(=O)[nH]c(N)nc43)[C@](C)(F)[C@@H]2O1.CCOC(=O)NCC(C)(C)C(=O)SCCO[P@@]1(=O)OC[C@H]2O[C@@H](n3cnc4c(=O)[nH]c(N)nc43)[C@](C)(F)[C@@H]2O1.CCOC(=O)NCC(C)(C)C(=O)SCCO[P@]1(=O)OC[C@H]2O[C@@H](n3cnc4c(=O)[nH]c(N)nc43)[C@](C)(F)[C@@H]2O1. The Bertz CT molecular complexity index is 4530. The van der Waals surface area contributed by atoms with Crippen molar-refractivity contribution in [1.82, 2.24) is 74.5 Å². The van der Waals surface area contributed by atoms with Crippen LogP contribution >= 0.6 is 58.8 Å². The van der Waals surface area contributed by atoms with E-state index in [1.54, 1.807) is 62.3 Å². The number of halogens is 3. The van der Waals surface area contributed by atoms with Gasteiger partial charge in [0.2, 0.25) is 17.8 Å². The lowest BCUT2D eigenvalue weighted by Crippen LogP contribution is -2.44. The van der Waals surface area contributed by atoms with Crippen LogP contribution in [0.5, 0.6) is 0 Å². The molecule has 3 amide bonds. The number of carbonyl (C=O) groups excluding carboxylic acids is 6. The fraction of sp³-hybridized carbons (Fsp3) is 0.667. The van der Waals surface area contributed by atoms with E-state index in [1.165, 1.54) is 53.5 Å². The molecule has 6 aromatic rings. The van der Waals surface area contributed by atoms with Crippen LogP contribution in [0, 0.1) is 16.2 Å². The molecule has 6 fully saturated rings. The zero-order chi connectivity index (χ0) is 85.8. The molecule has 0 aliphatic carbocycles. The predicted molar refractivity (Wildman–Crippen MR) is 410 cm³/mol. The lowest BCUT2D eigenvalue weighted by Gasteiger charge is -2.33. The number of nitrogens with two attached hydrogens (primary N) is 3. The minimum Gasteiger partial charge on any atom is -0.450 e. The molecular weight excluding hydrogens is 1690 g/mol. The Morgan fingerprint density at radius 1 is 0.487 bits per heavy atom. The second kappa shape index (κ2) is 36.7. The molecule has 0 spiro atoms. The summed E-state index contributed by atoms with van der Waals surface area (Å²) < 4.78 is 171. The lowest BCUT2D eigenvalue weighted by atomic mass is 9.96. The highest BCUT2D eigenvalue weighted by Gasteiger charge is 2.65. The van der Waals surface area contributed by atoms with E-state index < -0.39 is 147 Å². The maximum Gasteiger partial charge on any atom is 0.475 e. The number of phosphoric acid groups is 3. The van der Waals surface area contributed by atoms with Crippen molar-refractivity contribution in [3.8, 4) is 0 Å². The number of nitrogen functional groups attached to an aromatic ring is 3. The van der Waals surface area contributed by atoms with E-state index in [2.05, 4.69) is 60.8 Å². The number of aromatic nitrogens is 12. The molecule has 0 aromatic carbocycles. The standard InChI is InChI=1S/3C21H30FN6O9PS/c3*1-5-33-19(31)24-9-20(2,3)17(30)39-7-6-34-38(32)35-8-11-13(37-38)21(4,22)16(36-11)28-10-25-12-14(28)26-18(23)27-15(12)29/h3*10-11,13,16H,5-9H2,1-4H3,(H,24,31)(H3,23,26,27,29)/t11-,13-,16-,21-,38?;11-,13-,16-,21-,38+;11-,13-,16-,21-,38-/m111/s1. The Hall–Kier alpha value is -7.68. The maximum absolute atomic E-state index is 16.1. The topological polar surface area (TPSA) is 597 Å². The predicted octanol–water partition coefficient (Wildman–Crippen LogP) is 5.70. The van der Waals surface area contributed by atoms with Gasteiger partial charge in [-0.15, -0.1) is 0 Å². The molecule has 12 N–H and O–H groups in total. The minimum absolute atomic E-state index is 0.00574. The molecule has 0 radical (unpaired) electrons. The van der Waals surface area contributed by atoms with Gasteiger partial charge in [-0.1, -0.05) is 76.8 Å². The van der Waals surface area contributed by atoms with Crippen LogP contribution in [0.15, 0.2) is 33.4 Å². The fourth-order valence-electron chi connectivity index (χ4n) is 12.2. The molecule has 6 aliphatic heterocycles. The van der Waals surface area contributed by atoms with Gasteiger partial charge in [-0.3, -0.25) is 98.1 Å². The molecular formula is C63H90F3N18O27P3S3. The largest absolute Gasteiger partial charge is 0.475 e. The van der Waals surface area contributed by atoms with Crippen LogP contribution in [0.2, 0.25) is 0 Å². The molecule has 1 unspecified atom stereocenters. The molecule has 117 heavy (non-hydrogen) atoms. The number of fused-ring (bicyclic) bond motifs is 6. The quantitative estimate of drug-likeness (QED) is 0.0170. The highest BCUT2D eigenvalue weighted by atomic mass is 32.2. The molecule has 0 saturated carbocycles. The van der Waals surface area contributed by atoms with Crippen molar-refractivity contribution in [3.63, 3.8) is 0 Å². The average Bonchev–Trinajstić information content (AvgIpc) is 1.59. The average molecular weight is 1780 g/mol. The van der Waals surface area contributed by atoms with E-state index in [1.807, 2.05) is 0 Å². The number of nitrogens with zero attached hydrogens (tertiary/aromatic N) is 9. The first-order valence-electron chi connectivity index (χ1n) is 36.0. The molecule has 12 rings (SSSR count). The van der Waals surface area contributed by atoms with Crippen LogP contribution in [0.3, 0.4) is 0 Å². The Balaban J connectivity index is 0.000000185. The molecule has 648 valence electrons. The summed E-state index contributed by atoms with van der Waals surface area (Å²) in [5.74, 6) is -0.253. The Morgan fingerprint density at radius 3 is 0.974 bits per heavy atom. The Morgan fingerprint density at radius 2 is 0.735 bits per heavy atom. The van der Waals surface area contributed by atoms with Crippen molar-refractivity contribution < 1.29 is 125 Å². The number of ether oxygens (including phenoxy) is 6. The maximum atomic E-state index is 16.1. The van der Waals surface area contributed by atoms with Crippen molar-refractivity contribution in [1.29, 1.82) is 0 Å². The van der Waals surface area contributed by atoms with E-state index in [9.17, 15) is 56.8 Å². The van der Waals surface area contributed by atoms with E-state index in [0.29, 0.717) is 0 Å². The van der Waals surface area contributed by atoms with Crippen LogP contribution in [-0.4, -0.2) is 242 Å². The number of carbonyl (C=O) groups is 6. The monoisotopic (exact) mass is 1780 g/mol. The molecule has 0 bridgehead atoms. The number of imidazole rings is 3. The number of hydrogen-bond acceptors (Lipinski definition) is 39. The second-order valence-corrected chi connectivity index (χ2v) is 37.0. The first-order valence-corrected chi connectivity index (χ1v) is 43.3. The smallest absolute Gasteiger partial charge is 0.450 e. The number of alkyl carbamates (subject to hydrolysis) is 3. The van der Waals surface area contributed by atoms with Gasteiger partial charge in [-0.05, 0) is 41.5 Å². The Labute approximate surface area is 675 Å². The highest BCUT2D eigenvalue weighted by molar-refractivity contribution is 8.14. The second-order valence-electron chi connectivity index (χ2n) is 28.9. The minimum atomic E-state index is -4.20. The van der Waals surface area contributed by atoms with Gasteiger partial charge in [-0.25, -0.2) is 56.2 Å². The molecule has 12 heterocycles. The summed E-state index contributed by atoms with van der Waals surface area (Å²) in [5.41, 5.74) is 5.43. The fourth-order valence-corrected chi connectivity index (χ4v) is 19.4. The van der Waals surface area contributed by atoms with Crippen LogP contribution in [0.4, 0.5) is 45.4 Å². The third-order valence-electron chi connectivity index (χ3n) is 18.3. The molecule has 6 aromatic heterocycles.